The number of halogens is 2. The molecule has 1 aliphatic heterocycles. The molecule has 0 spiro atoms. The highest BCUT2D eigenvalue weighted by atomic mass is 35.5. The third-order valence-electron chi connectivity index (χ3n) is 4.50. The molecule has 3 rings (SSSR count). The van der Waals surface area contributed by atoms with Crippen LogP contribution in [-0.2, 0) is 13.1 Å². The van der Waals surface area contributed by atoms with Crippen LogP contribution in [0.15, 0.2) is 30.5 Å². The van der Waals surface area contributed by atoms with Crippen molar-refractivity contribution >= 4 is 23.2 Å². The zero-order valence-electron chi connectivity index (χ0n) is 13.7. The van der Waals surface area contributed by atoms with Crippen molar-refractivity contribution in [3.8, 4) is 5.75 Å². The molecule has 2 aromatic rings. The molecule has 0 aliphatic carbocycles. The fraction of sp³-hybridized carbons (Fsp3) is 0.389. The van der Waals surface area contributed by atoms with Crippen molar-refractivity contribution in [2.75, 3.05) is 26.2 Å². The van der Waals surface area contributed by atoms with Gasteiger partial charge in [-0.05, 0) is 30.7 Å². The van der Waals surface area contributed by atoms with Gasteiger partial charge < -0.3 is 5.11 Å². The fourth-order valence-electron chi connectivity index (χ4n) is 2.96. The highest BCUT2D eigenvalue weighted by Gasteiger charge is 2.20. The molecule has 0 amide bonds. The fourth-order valence-corrected chi connectivity index (χ4v) is 3.45. The Morgan fingerprint density at radius 2 is 1.71 bits per heavy atom. The Labute approximate surface area is 152 Å². The number of phenolic OH excluding ortho intramolecular Hbond substituents is 1. The van der Waals surface area contributed by atoms with Crippen molar-refractivity contribution in [2.24, 2.45) is 0 Å². The summed E-state index contributed by atoms with van der Waals surface area (Å²) in [5.74, 6) is 0.0836. The smallest absolute Gasteiger partial charge is 0.134 e. The van der Waals surface area contributed by atoms with Crippen LogP contribution in [0.25, 0.3) is 0 Å². The van der Waals surface area contributed by atoms with Crippen molar-refractivity contribution in [3.63, 3.8) is 0 Å². The summed E-state index contributed by atoms with van der Waals surface area (Å²) in [6, 6.07) is 7.30. The normalized spacial score (nSPS) is 16.5. The number of phenols is 1. The number of pyridine rings is 1. The van der Waals surface area contributed by atoms with Crippen LogP contribution < -0.4 is 0 Å². The van der Waals surface area contributed by atoms with E-state index in [1.807, 2.05) is 12.3 Å². The van der Waals surface area contributed by atoms with Crippen LogP contribution in [0, 0.1) is 6.92 Å². The van der Waals surface area contributed by atoms with Crippen LogP contribution in [0.2, 0.25) is 10.0 Å². The molecule has 1 aromatic carbocycles. The molecule has 0 radical (unpaired) electrons. The molecule has 6 heteroatoms. The average molecular weight is 366 g/mol. The molecule has 4 nitrogen and oxygen atoms in total. The van der Waals surface area contributed by atoms with Crippen LogP contribution in [0.3, 0.4) is 0 Å². The minimum atomic E-state index is 0.0836. The van der Waals surface area contributed by atoms with E-state index in [1.54, 1.807) is 6.07 Å². The first-order valence-corrected chi connectivity index (χ1v) is 8.81. The van der Waals surface area contributed by atoms with Crippen LogP contribution >= 0.6 is 23.2 Å². The molecule has 0 atom stereocenters. The average Bonchev–Trinajstić information content (AvgIpc) is 2.59. The van der Waals surface area contributed by atoms with E-state index >= 15 is 0 Å². The second-order valence-corrected chi connectivity index (χ2v) is 6.96. The summed E-state index contributed by atoms with van der Waals surface area (Å²) >= 11 is 12.4. The standard InChI is InChI=1S/C18H21Cl2N3O/c1-13-3-2-6-21-16(13)12-23-9-7-22(8-10-23)11-14-15(19)4-5-17(24)18(14)20/h2-6,24H,7-12H2,1H3. The van der Waals surface area contributed by atoms with Crippen molar-refractivity contribution in [1.29, 1.82) is 0 Å². The predicted octanol–water partition coefficient (Wildman–Crippen LogP) is 3.72. The third-order valence-corrected chi connectivity index (χ3v) is 5.28. The van der Waals surface area contributed by atoms with Crippen LogP contribution in [0.5, 0.6) is 5.75 Å². The number of hydrogen-bond donors (Lipinski definition) is 1. The summed E-state index contributed by atoms with van der Waals surface area (Å²) in [4.78, 5) is 9.20. The van der Waals surface area contributed by atoms with Crippen LogP contribution in [0.1, 0.15) is 16.8 Å². The molecule has 24 heavy (non-hydrogen) atoms. The summed E-state index contributed by atoms with van der Waals surface area (Å²) in [5, 5.41) is 10.7. The van der Waals surface area contributed by atoms with Crippen LogP contribution in [-0.4, -0.2) is 46.1 Å². The Balaban J connectivity index is 1.58. The first-order valence-electron chi connectivity index (χ1n) is 8.05. The number of rotatable bonds is 4. The number of hydrogen-bond acceptors (Lipinski definition) is 4. The minimum absolute atomic E-state index is 0.0836. The van der Waals surface area contributed by atoms with E-state index in [4.69, 9.17) is 23.2 Å². The van der Waals surface area contributed by atoms with Crippen molar-refractivity contribution in [1.82, 2.24) is 14.8 Å². The van der Waals surface area contributed by atoms with Gasteiger partial charge in [-0.25, -0.2) is 0 Å². The number of aromatic nitrogens is 1. The van der Waals surface area contributed by atoms with Crippen molar-refractivity contribution < 1.29 is 5.11 Å². The van der Waals surface area contributed by atoms with E-state index in [2.05, 4.69) is 27.8 Å². The molecule has 2 heterocycles. The highest BCUT2D eigenvalue weighted by Crippen LogP contribution is 2.33. The van der Waals surface area contributed by atoms with Crippen molar-refractivity contribution in [2.45, 2.75) is 20.0 Å². The summed E-state index contributed by atoms with van der Waals surface area (Å²) < 4.78 is 0. The topological polar surface area (TPSA) is 39.6 Å². The minimum Gasteiger partial charge on any atom is -0.506 e. The third kappa shape index (κ3) is 4.01. The van der Waals surface area contributed by atoms with Gasteiger partial charge in [-0.1, -0.05) is 29.3 Å². The Morgan fingerprint density at radius 1 is 1.04 bits per heavy atom. The monoisotopic (exact) mass is 365 g/mol. The lowest BCUT2D eigenvalue weighted by Crippen LogP contribution is -2.45. The van der Waals surface area contributed by atoms with Gasteiger partial charge >= 0.3 is 0 Å². The molecule has 1 fully saturated rings. The van der Waals surface area contributed by atoms with Gasteiger partial charge in [0.05, 0.1) is 10.7 Å². The zero-order valence-corrected chi connectivity index (χ0v) is 15.2. The van der Waals surface area contributed by atoms with E-state index in [1.165, 1.54) is 11.6 Å². The van der Waals surface area contributed by atoms with Gasteiger partial charge in [0.1, 0.15) is 5.75 Å². The van der Waals surface area contributed by atoms with Gasteiger partial charge in [-0.2, -0.15) is 0 Å². The lowest BCUT2D eigenvalue weighted by atomic mass is 10.1. The second kappa shape index (κ2) is 7.70. The second-order valence-electron chi connectivity index (χ2n) is 6.18. The maximum Gasteiger partial charge on any atom is 0.134 e. The SMILES string of the molecule is Cc1cccnc1CN1CCN(Cc2c(Cl)ccc(O)c2Cl)CC1. The number of benzene rings is 1. The summed E-state index contributed by atoms with van der Waals surface area (Å²) in [6.07, 6.45) is 1.85. The molecular formula is C18H21Cl2N3O. The zero-order chi connectivity index (χ0) is 17.1. The van der Waals surface area contributed by atoms with E-state index < -0.39 is 0 Å². The molecule has 0 bridgehead atoms. The first kappa shape index (κ1) is 17.5. The Kier molecular flexibility index (Phi) is 5.61. The summed E-state index contributed by atoms with van der Waals surface area (Å²) in [6.45, 7) is 7.47. The Hall–Kier alpha value is -1.33. The van der Waals surface area contributed by atoms with Gasteiger partial charge in [0.15, 0.2) is 0 Å². The van der Waals surface area contributed by atoms with Gasteiger partial charge in [-0.15, -0.1) is 0 Å². The molecule has 1 aromatic heterocycles. The van der Waals surface area contributed by atoms with Crippen LogP contribution in [0.4, 0.5) is 0 Å². The van der Waals surface area contributed by atoms with E-state index in [9.17, 15) is 5.11 Å². The Bertz CT molecular complexity index is 715. The van der Waals surface area contributed by atoms with E-state index in [0.717, 1.165) is 44.0 Å². The number of aryl methyl sites for hydroxylation is 1. The van der Waals surface area contributed by atoms with E-state index in [-0.39, 0.29) is 5.75 Å². The highest BCUT2D eigenvalue weighted by molar-refractivity contribution is 6.36. The number of piperazine rings is 1. The molecule has 1 saturated heterocycles. The van der Waals surface area contributed by atoms with Gasteiger partial charge in [0, 0.05) is 56.1 Å². The number of nitrogens with zero attached hydrogens (tertiary/aromatic N) is 3. The first-order chi connectivity index (χ1) is 11.5. The molecule has 0 unspecified atom stereocenters. The molecule has 128 valence electrons. The molecule has 0 saturated carbocycles. The summed E-state index contributed by atoms with van der Waals surface area (Å²) in [5.41, 5.74) is 3.18. The molecule has 1 N–H and O–H groups in total. The van der Waals surface area contributed by atoms with Gasteiger partial charge in [0.2, 0.25) is 0 Å². The Morgan fingerprint density at radius 3 is 2.38 bits per heavy atom. The lowest BCUT2D eigenvalue weighted by Gasteiger charge is -2.35. The quantitative estimate of drug-likeness (QED) is 0.895. The van der Waals surface area contributed by atoms with E-state index in [0.29, 0.717) is 16.6 Å². The van der Waals surface area contributed by atoms with Crippen molar-refractivity contribution in [3.05, 3.63) is 57.3 Å². The lowest BCUT2D eigenvalue weighted by molar-refractivity contribution is 0.121. The maximum absolute atomic E-state index is 9.76. The van der Waals surface area contributed by atoms with Gasteiger partial charge in [0.25, 0.3) is 0 Å². The predicted molar refractivity (Wildman–Crippen MR) is 97.7 cm³/mol. The number of aromatic hydroxyl groups is 1. The largest absolute Gasteiger partial charge is 0.506 e. The summed E-state index contributed by atoms with van der Waals surface area (Å²) in [7, 11) is 0. The molecular weight excluding hydrogens is 345 g/mol. The molecule has 1 aliphatic rings. The van der Waals surface area contributed by atoms with Gasteiger partial charge in [-0.3, -0.25) is 14.8 Å². The maximum atomic E-state index is 9.76.